The second-order valence-corrected chi connectivity index (χ2v) is 5.48. The van der Waals surface area contributed by atoms with E-state index in [1.807, 2.05) is 0 Å². The van der Waals surface area contributed by atoms with Gasteiger partial charge in [0.2, 0.25) is 0 Å². The molecule has 1 aromatic carbocycles. The lowest BCUT2D eigenvalue weighted by Gasteiger charge is -2.20. The van der Waals surface area contributed by atoms with Crippen molar-refractivity contribution in [1.29, 1.82) is 0 Å². The van der Waals surface area contributed by atoms with Crippen LogP contribution >= 0.6 is 15.9 Å². The molecule has 104 valence electrons. The highest BCUT2D eigenvalue weighted by molar-refractivity contribution is 9.10. The molecule has 2 nitrogen and oxygen atoms in total. The van der Waals surface area contributed by atoms with Crippen molar-refractivity contribution < 1.29 is 22.7 Å². The van der Waals surface area contributed by atoms with Gasteiger partial charge in [-0.15, -0.1) is 0 Å². The molecule has 0 bridgehead atoms. The first-order valence-corrected chi connectivity index (χ1v) is 6.58. The lowest BCUT2D eigenvalue weighted by molar-refractivity contribution is -0.144. The van der Waals surface area contributed by atoms with E-state index < -0.39 is 23.6 Å². The largest absolute Gasteiger partial charge is 0.469 e. The maximum absolute atomic E-state index is 13.0. The van der Waals surface area contributed by atoms with Crippen LogP contribution in [0.25, 0.3) is 0 Å². The molecule has 1 aliphatic rings. The van der Waals surface area contributed by atoms with Gasteiger partial charge in [-0.2, -0.15) is 13.2 Å². The molecule has 1 unspecified atom stereocenters. The summed E-state index contributed by atoms with van der Waals surface area (Å²) in [5, 5.41) is 0. The lowest BCUT2D eigenvalue weighted by Crippen LogP contribution is -2.21. The van der Waals surface area contributed by atoms with Crippen LogP contribution in [0.5, 0.6) is 0 Å². The van der Waals surface area contributed by atoms with Gasteiger partial charge in [-0.25, -0.2) is 0 Å². The summed E-state index contributed by atoms with van der Waals surface area (Å²) in [4.78, 5) is 11.8. The number of carbonyl (C=O) groups is 1. The average Bonchev–Trinajstić information content (AvgIpc) is 3.12. The van der Waals surface area contributed by atoms with E-state index in [1.165, 1.54) is 19.2 Å². The molecule has 0 aliphatic heterocycles. The molecule has 19 heavy (non-hydrogen) atoms. The minimum atomic E-state index is -4.48. The van der Waals surface area contributed by atoms with Gasteiger partial charge in [0.1, 0.15) is 0 Å². The molecule has 1 atom stereocenters. The van der Waals surface area contributed by atoms with Gasteiger partial charge in [0, 0.05) is 4.47 Å². The van der Waals surface area contributed by atoms with Crippen molar-refractivity contribution in [3.05, 3.63) is 33.8 Å². The Hall–Kier alpha value is -1.04. The Kier molecular flexibility index (Phi) is 3.90. The van der Waals surface area contributed by atoms with Gasteiger partial charge in [-0.05, 0) is 42.5 Å². The molecule has 1 aliphatic carbocycles. The summed E-state index contributed by atoms with van der Waals surface area (Å²) in [5.74, 6) is -1.49. The second-order valence-electron chi connectivity index (χ2n) is 4.57. The third-order valence-corrected chi connectivity index (χ3v) is 3.70. The quantitative estimate of drug-likeness (QED) is 0.775. The van der Waals surface area contributed by atoms with Crippen LogP contribution in [0, 0.1) is 5.92 Å². The van der Waals surface area contributed by atoms with Gasteiger partial charge in [-0.3, -0.25) is 4.79 Å². The lowest BCUT2D eigenvalue weighted by atomic mass is 9.90. The maximum atomic E-state index is 13.0. The summed E-state index contributed by atoms with van der Waals surface area (Å²) in [7, 11) is 1.20. The van der Waals surface area contributed by atoms with Crippen molar-refractivity contribution in [2.75, 3.05) is 7.11 Å². The zero-order valence-corrected chi connectivity index (χ0v) is 11.7. The maximum Gasteiger partial charge on any atom is 0.416 e. The predicted octanol–water partition coefficient (Wildman–Crippen LogP) is 4.13. The summed E-state index contributed by atoms with van der Waals surface area (Å²) in [6, 6.07) is 3.69. The number of hydrogen-bond donors (Lipinski definition) is 0. The van der Waals surface area contributed by atoms with E-state index in [1.54, 1.807) is 0 Å². The zero-order valence-electron chi connectivity index (χ0n) is 10.1. The molecule has 0 heterocycles. The predicted molar refractivity (Wildman–Crippen MR) is 66.6 cm³/mol. The van der Waals surface area contributed by atoms with Crippen LogP contribution in [-0.2, 0) is 15.7 Å². The van der Waals surface area contributed by atoms with Crippen LogP contribution in [0.15, 0.2) is 22.7 Å². The van der Waals surface area contributed by atoms with Crippen LogP contribution < -0.4 is 0 Å². The molecular weight excluding hydrogens is 325 g/mol. The number of methoxy groups -OCH3 is 1. The van der Waals surface area contributed by atoms with Gasteiger partial charge >= 0.3 is 12.1 Å². The van der Waals surface area contributed by atoms with Crippen molar-refractivity contribution in [3.63, 3.8) is 0 Å². The van der Waals surface area contributed by atoms with Crippen molar-refractivity contribution >= 4 is 21.9 Å². The highest BCUT2D eigenvalue weighted by Gasteiger charge is 2.43. The molecule has 0 aromatic heterocycles. The zero-order chi connectivity index (χ0) is 14.2. The SMILES string of the molecule is COC(=O)C(c1cc(Br)ccc1C(F)(F)F)C1CC1. The Morgan fingerprint density at radius 1 is 1.42 bits per heavy atom. The van der Waals surface area contributed by atoms with E-state index in [2.05, 4.69) is 20.7 Å². The van der Waals surface area contributed by atoms with E-state index >= 15 is 0 Å². The summed E-state index contributed by atoms with van der Waals surface area (Å²) in [5.41, 5.74) is -0.769. The van der Waals surface area contributed by atoms with Crippen molar-refractivity contribution in [2.24, 2.45) is 5.92 Å². The van der Waals surface area contributed by atoms with Gasteiger partial charge < -0.3 is 4.74 Å². The molecule has 0 amide bonds. The van der Waals surface area contributed by atoms with Crippen molar-refractivity contribution in [2.45, 2.75) is 24.9 Å². The minimum absolute atomic E-state index is 0.00350. The van der Waals surface area contributed by atoms with Crippen LogP contribution in [-0.4, -0.2) is 13.1 Å². The number of alkyl halides is 3. The van der Waals surface area contributed by atoms with E-state index in [0.29, 0.717) is 4.47 Å². The first-order chi connectivity index (χ1) is 8.84. The number of benzene rings is 1. The third kappa shape index (κ3) is 3.11. The van der Waals surface area contributed by atoms with E-state index in [0.717, 1.165) is 18.9 Å². The minimum Gasteiger partial charge on any atom is -0.469 e. The third-order valence-electron chi connectivity index (χ3n) is 3.20. The van der Waals surface area contributed by atoms with Crippen molar-refractivity contribution in [1.82, 2.24) is 0 Å². The Morgan fingerprint density at radius 2 is 2.05 bits per heavy atom. The highest BCUT2D eigenvalue weighted by Crippen LogP contribution is 2.47. The fraction of sp³-hybridized carbons (Fsp3) is 0.462. The number of halogens is 4. The fourth-order valence-electron chi connectivity index (χ4n) is 2.18. The highest BCUT2D eigenvalue weighted by atomic mass is 79.9. The summed E-state index contributed by atoms with van der Waals surface area (Å²) in [6.07, 6.45) is -2.97. The molecule has 1 saturated carbocycles. The summed E-state index contributed by atoms with van der Waals surface area (Å²) < 4.78 is 44.2. The topological polar surface area (TPSA) is 26.3 Å². The van der Waals surface area contributed by atoms with Crippen LogP contribution in [0.4, 0.5) is 13.2 Å². The normalized spacial score (nSPS) is 17.1. The van der Waals surface area contributed by atoms with Crippen LogP contribution in [0.3, 0.4) is 0 Å². The molecule has 0 saturated heterocycles. The molecule has 1 aromatic rings. The standard InChI is InChI=1S/C13H12BrF3O2/c1-19-12(18)11(7-2-3-7)9-6-8(14)4-5-10(9)13(15,16)17/h4-7,11H,2-3H2,1H3. The fourth-order valence-corrected chi connectivity index (χ4v) is 2.56. The number of rotatable bonds is 3. The van der Waals surface area contributed by atoms with Gasteiger partial charge in [0.25, 0.3) is 0 Å². The van der Waals surface area contributed by atoms with E-state index in [4.69, 9.17) is 0 Å². The summed E-state index contributed by atoms with van der Waals surface area (Å²) in [6.45, 7) is 0. The van der Waals surface area contributed by atoms with Crippen LogP contribution in [0.2, 0.25) is 0 Å². The number of ether oxygens (including phenoxy) is 1. The molecule has 6 heteroatoms. The molecule has 0 radical (unpaired) electrons. The molecule has 2 rings (SSSR count). The second kappa shape index (κ2) is 5.15. The van der Waals surface area contributed by atoms with E-state index in [9.17, 15) is 18.0 Å². The molecule has 0 spiro atoms. The van der Waals surface area contributed by atoms with Gasteiger partial charge in [-0.1, -0.05) is 15.9 Å². The Bertz CT molecular complexity index is 495. The average molecular weight is 337 g/mol. The number of esters is 1. The summed E-state index contributed by atoms with van der Waals surface area (Å²) >= 11 is 3.15. The molecule has 0 N–H and O–H groups in total. The monoisotopic (exact) mass is 336 g/mol. The first kappa shape index (κ1) is 14.4. The Morgan fingerprint density at radius 3 is 2.53 bits per heavy atom. The van der Waals surface area contributed by atoms with Gasteiger partial charge in [0.05, 0.1) is 18.6 Å². The number of hydrogen-bond acceptors (Lipinski definition) is 2. The molecular formula is C13H12BrF3O2. The van der Waals surface area contributed by atoms with Crippen molar-refractivity contribution in [3.8, 4) is 0 Å². The van der Waals surface area contributed by atoms with Crippen LogP contribution in [0.1, 0.15) is 29.9 Å². The van der Waals surface area contributed by atoms with Gasteiger partial charge in [0.15, 0.2) is 0 Å². The Labute approximate surface area is 117 Å². The van der Waals surface area contributed by atoms with E-state index in [-0.39, 0.29) is 11.5 Å². The number of carbonyl (C=O) groups excluding carboxylic acids is 1. The molecule has 1 fully saturated rings. The Balaban J connectivity index is 2.51. The smallest absolute Gasteiger partial charge is 0.416 e. The first-order valence-electron chi connectivity index (χ1n) is 5.79.